The summed E-state index contributed by atoms with van der Waals surface area (Å²) in [5.41, 5.74) is 1.23. The number of rotatable bonds is 6. The van der Waals surface area contributed by atoms with Gasteiger partial charge in [0.1, 0.15) is 5.82 Å². The molecule has 1 heterocycles. The largest absolute Gasteiger partial charge is 0.399 e. The van der Waals surface area contributed by atoms with Gasteiger partial charge in [-0.3, -0.25) is 4.57 Å². The van der Waals surface area contributed by atoms with Crippen molar-refractivity contribution in [2.45, 2.75) is 17.9 Å². The molecule has 4 aromatic rings. The van der Waals surface area contributed by atoms with Crippen LogP contribution in [0.4, 0.5) is 8.78 Å². The number of benzene rings is 3. The predicted octanol–water partition coefficient (Wildman–Crippen LogP) is 6.35. The maximum absolute atomic E-state index is 13.7. The average Bonchev–Trinajstić information content (AvgIpc) is 3.25. The quantitative estimate of drug-likeness (QED) is 0.320. The molecule has 0 spiro atoms. The van der Waals surface area contributed by atoms with Crippen LogP contribution in [0.3, 0.4) is 0 Å². The van der Waals surface area contributed by atoms with Crippen molar-refractivity contribution in [1.82, 2.24) is 9.55 Å². The fraction of sp³-hybridized carbons (Fsp3) is 0.125. The molecule has 0 saturated carbocycles. The third kappa shape index (κ3) is 4.72. The molecule has 34 heavy (non-hydrogen) atoms. The minimum absolute atomic E-state index is 0.0134. The number of aliphatic hydroxyl groups is 1. The zero-order chi connectivity index (χ0) is 24.7. The van der Waals surface area contributed by atoms with Crippen LogP contribution < -0.4 is 0 Å². The predicted molar refractivity (Wildman–Crippen MR) is 128 cm³/mol. The molecule has 4 rings (SSSR count). The zero-order valence-electron chi connectivity index (χ0n) is 17.7. The van der Waals surface area contributed by atoms with Gasteiger partial charge in [-0.1, -0.05) is 72.6 Å². The van der Waals surface area contributed by atoms with E-state index >= 15 is 0 Å². The third-order valence-corrected chi connectivity index (χ3v) is 7.58. The Bertz CT molecular complexity index is 1440. The van der Waals surface area contributed by atoms with Gasteiger partial charge in [-0.25, -0.2) is 13.4 Å². The second-order valence-corrected chi connectivity index (χ2v) is 10.5. The molecule has 0 saturated heterocycles. The molecule has 0 atom stereocenters. The van der Waals surface area contributed by atoms with Gasteiger partial charge < -0.3 is 5.11 Å². The van der Waals surface area contributed by atoms with Crippen LogP contribution in [-0.4, -0.2) is 28.8 Å². The van der Waals surface area contributed by atoms with Crippen LogP contribution in [0, 0.1) is 0 Å². The summed E-state index contributed by atoms with van der Waals surface area (Å²) in [6.45, 7) is 1.58. The normalized spacial score (nSPS) is 12.2. The maximum atomic E-state index is 13.7. The van der Waals surface area contributed by atoms with E-state index in [4.69, 9.17) is 23.2 Å². The van der Waals surface area contributed by atoms with E-state index in [9.17, 15) is 22.3 Å². The van der Waals surface area contributed by atoms with Gasteiger partial charge in [0.05, 0.1) is 26.4 Å². The van der Waals surface area contributed by atoms with Gasteiger partial charge in [-0.2, -0.15) is 8.78 Å². The lowest BCUT2D eigenvalue weighted by molar-refractivity contribution is -0.211. The first-order chi connectivity index (χ1) is 16.0. The molecule has 0 bridgehead atoms. The van der Waals surface area contributed by atoms with E-state index in [0.717, 1.165) is 11.8 Å². The summed E-state index contributed by atoms with van der Waals surface area (Å²) in [6.07, 6.45) is -3.19. The number of hydrogen-bond acceptors (Lipinski definition) is 4. The topological polar surface area (TPSA) is 72.2 Å². The number of imidazole rings is 1. The molecule has 3 aromatic carbocycles. The smallest absolute Gasteiger partial charge is 0.331 e. The summed E-state index contributed by atoms with van der Waals surface area (Å²) < 4.78 is 53.1. The molecule has 1 aromatic heterocycles. The van der Waals surface area contributed by atoms with Crippen molar-refractivity contribution in [3.8, 4) is 28.2 Å². The van der Waals surface area contributed by atoms with E-state index in [1.54, 1.807) is 67.6 Å². The van der Waals surface area contributed by atoms with Crippen molar-refractivity contribution >= 4 is 33.0 Å². The highest BCUT2D eigenvalue weighted by molar-refractivity contribution is 7.91. The number of para-hydroxylation sites is 1. The lowest BCUT2D eigenvalue weighted by Gasteiger charge is -2.12. The highest BCUT2D eigenvalue weighted by Crippen LogP contribution is 2.36. The first-order valence-electron chi connectivity index (χ1n) is 10.1. The molecule has 0 fully saturated rings. The van der Waals surface area contributed by atoms with Crippen LogP contribution in [-0.2, 0) is 15.9 Å². The van der Waals surface area contributed by atoms with Crippen LogP contribution in [0.1, 0.15) is 12.6 Å². The summed E-state index contributed by atoms with van der Waals surface area (Å²) in [5, 5.41) is 9.66. The molecular formula is C24H18Cl2F2N2O3S. The van der Waals surface area contributed by atoms with Crippen LogP contribution in [0.5, 0.6) is 0 Å². The zero-order valence-corrected chi connectivity index (χ0v) is 20.0. The average molecular weight is 523 g/mol. The monoisotopic (exact) mass is 522 g/mol. The standard InChI is InChI=1S/C24H18Cl2F2N2O3S/c1-2-34(32,33)18-6-3-5-17(13-18)15-9-11-16(12-10-15)23-29-21(24(27,28)31)14-30(23)22-19(25)7-4-8-20(22)26/h3-14,31H,2H2,1H3. The molecule has 0 aliphatic rings. The van der Waals surface area contributed by atoms with E-state index in [-0.39, 0.29) is 32.2 Å². The van der Waals surface area contributed by atoms with E-state index in [2.05, 4.69) is 4.98 Å². The fourth-order valence-corrected chi connectivity index (χ4v) is 4.97. The number of nitrogens with zero attached hydrogens (tertiary/aromatic N) is 2. The molecule has 1 N–H and O–H groups in total. The minimum Gasteiger partial charge on any atom is -0.331 e. The van der Waals surface area contributed by atoms with E-state index in [1.165, 1.54) is 10.6 Å². The van der Waals surface area contributed by atoms with Crippen LogP contribution in [0.25, 0.3) is 28.2 Å². The third-order valence-electron chi connectivity index (χ3n) is 5.24. The summed E-state index contributed by atoms with van der Waals surface area (Å²) in [6, 6.07) is 18.0. The highest BCUT2D eigenvalue weighted by Gasteiger charge is 2.33. The van der Waals surface area contributed by atoms with Crippen molar-refractivity contribution in [2.75, 3.05) is 5.75 Å². The molecule has 0 aliphatic carbocycles. The molecule has 0 amide bonds. The summed E-state index contributed by atoms with van der Waals surface area (Å²) in [7, 11) is -3.37. The molecular weight excluding hydrogens is 505 g/mol. The second kappa shape index (κ2) is 9.11. The first-order valence-corrected chi connectivity index (χ1v) is 12.5. The van der Waals surface area contributed by atoms with Gasteiger partial charge in [0.2, 0.25) is 0 Å². The van der Waals surface area contributed by atoms with Crippen LogP contribution >= 0.6 is 23.2 Å². The molecule has 0 unspecified atom stereocenters. The second-order valence-electron chi connectivity index (χ2n) is 7.44. The van der Waals surface area contributed by atoms with Crippen molar-refractivity contribution in [3.63, 3.8) is 0 Å². The van der Waals surface area contributed by atoms with Crippen LogP contribution in [0.2, 0.25) is 10.0 Å². The van der Waals surface area contributed by atoms with Gasteiger partial charge in [0, 0.05) is 11.8 Å². The van der Waals surface area contributed by atoms with E-state index in [0.29, 0.717) is 11.1 Å². The van der Waals surface area contributed by atoms with Gasteiger partial charge in [0.25, 0.3) is 0 Å². The number of aromatic nitrogens is 2. The van der Waals surface area contributed by atoms with E-state index in [1.807, 2.05) is 0 Å². The Morgan fingerprint density at radius 3 is 2.12 bits per heavy atom. The summed E-state index contributed by atoms with van der Waals surface area (Å²) in [4.78, 5) is 4.15. The Hall–Kier alpha value is -2.78. The van der Waals surface area contributed by atoms with Crippen molar-refractivity contribution in [2.24, 2.45) is 0 Å². The molecule has 0 radical (unpaired) electrons. The van der Waals surface area contributed by atoms with Gasteiger partial charge >= 0.3 is 6.11 Å². The highest BCUT2D eigenvalue weighted by atomic mass is 35.5. The SMILES string of the molecule is CCS(=O)(=O)c1cccc(-c2ccc(-c3nc(C(O)(F)F)cn3-c3c(Cl)cccc3Cl)cc2)c1. The van der Waals surface area contributed by atoms with Crippen molar-refractivity contribution < 1.29 is 22.3 Å². The first kappa shape index (κ1) is 24.3. The maximum Gasteiger partial charge on any atom is 0.399 e. The lowest BCUT2D eigenvalue weighted by Crippen LogP contribution is -2.11. The summed E-state index contributed by atoms with van der Waals surface area (Å²) >= 11 is 12.6. The Morgan fingerprint density at radius 1 is 0.941 bits per heavy atom. The number of hydrogen-bond donors (Lipinski definition) is 1. The molecule has 176 valence electrons. The Kier molecular flexibility index (Phi) is 6.52. The minimum atomic E-state index is -4.17. The van der Waals surface area contributed by atoms with Crippen molar-refractivity contribution in [1.29, 1.82) is 0 Å². The lowest BCUT2D eigenvalue weighted by atomic mass is 10.0. The Morgan fingerprint density at radius 2 is 1.53 bits per heavy atom. The summed E-state index contributed by atoms with van der Waals surface area (Å²) in [5.74, 6) is 0.0769. The van der Waals surface area contributed by atoms with Crippen LogP contribution in [0.15, 0.2) is 77.8 Å². The number of sulfone groups is 1. The van der Waals surface area contributed by atoms with Gasteiger partial charge in [-0.05, 0) is 35.4 Å². The fourth-order valence-electron chi connectivity index (χ4n) is 3.47. The van der Waals surface area contributed by atoms with Gasteiger partial charge in [0.15, 0.2) is 15.5 Å². The molecule has 10 heteroatoms. The van der Waals surface area contributed by atoms with E-state index < -0.39 is 21.6 Å². The Balaban J connectivity index is 1.81. The molecule has 5 nitrogen and oxygen atoms in total. The number of alkyl halides is 2. The molecule has 0 aliphatic heterocycles. The Labute approximate surface area is 205 Å². The van der Waals surface area contributed by atoms with Crippen molar-refractivity contribution in [3.05, 3.63) is 88.7 Å². The van der Waals surface area contributed by atoms with Gasteiger partial charge in [-0.15, -0.1) is 0 Å². The number of halogens is 4.